The highest BCUT2D eigenvalue weighted by molar-refractivity contribution is 5.96. The van der Waals surface area contributed by atoms with Gasteiger partial charge in [-0.3, -0.25) is 19.5 Å². The molecule has 2 amide bonds. The minimum Gasteiger partial charge on any atom is -0.489 e. The predicted octanol–water partition coefficient (Wildman–Crippen LogP) is 3.70. The molecule has 42 heavy (non-hydrogen) atoms. The summed E-state index contributed by atoms with van der Waals surface area (Å²) in [6, 6.07) is 11.3. The zero-order valence-electron chi connectivity index (χ0n) is 23.8. The molecular weight excluding hydrogens is 546 g/mol. The van der Waals surface area contributed by atoms with E-state index in [1.165, 1.54) is 6.07 Å². The molecule has 2 aromatic rings. The van der Waals surface area contributed by atoms with Crippen LogP contribution in [0.4, 0.5) is 20.2 Å². The zero-order chi connectivity index (χ0) is 29.5. The summed E-state index contributed by atoms with van der Waals surface area (Å²) in [5.41, 5.74) is 1.95. The van der Waals surface area contributed by atoms with Crippen molar-refractivity contribution in [2.75, 3.05) is 63.6 Å². The van der Waals surface area contributed by atoms with Gasteiger partial charge in [-0.05, 0) is 86.7 Å². The van der Waals surface area contributed by atoms with E-state index in [0.29, 0.717) is 49.0 Å². The summed E-state index contributed by atoms with van der Waals surface area (Å²) in [5, 5.41) is 12.1. The van der Waals surface area contributed by atoms with Crippen molar-refractivity contribution < 1.29 is 27.8 Å². The van der Waals surface area contributed by atoms with E-state index in [2.05, 4.69) is 37.3 Å². The molecule has 3 fully saturated rings. The number of alkyl halides is 2. The van der Waals surface area contributed by atoms with Gasteiger partial charge in [0.2, 0.25) is 11.8 Å². The number of carbonyl (C=O) groups excluding carboxylic acids is 2. The van der Waals surface area contributed by atoms with Gasteiger partial charge < -0.3 is 25.0 Å². The van der Waals surface area contributed by atoms with Crippen LogP contribution in [-0.4, -0.2) is 98.4 Å². The maximum atomic E-state index is 13.1. The summed E-state index contributed by atoms with van der Waals surface area (Å²) >= 11 is 0. The fraction of sp³-hybridized carbons (Fsp3) is 0.500. The van der Waals surface area contributed by atoms with Crippen molar-refractivity contribution in [3.8, 4) is 11.5 Å². The summed E-state index contributed by atoms with van der Waals surface area (Å²) in [7, 11) is 2.08. The molecule has 0 bridgehead atoms. The van der Waals surface area contributed by atoms with Crippen LogP contribution in [0.3, 0.4) is 0 Å². The van der Waals surface area contributed by atoms with Gasteiger partial charge in [-0.1, -0.05) is 0 Å². The fourth-order valence-electron chi connectivity index (χ4n) is 4.97. The van der Waals surface area contributed by atoms with E-state index in [1.54, 1.807) is 47.6 Å². The quantitative estimate of drug-likeness (QED) is 0.367. The van der Waals surface area contributed by atoms with Crippen LogP contribution >= 0.6 is 0 Å². The number of nitrogens with zero attached hydrogens (tertiary/aromatic N) is 4. The van der Waals surface area contributed by atoms with Crippen LogP contribution in [0.1, 0.15) is 31.2 Å². The first kappa shape index (κ1) is 29.7. The number of rotatable bonds is 12. The summed E-state index contributed by atoms with van der Waals surface area (Å²) < 4.78 is 36.0. The van der Waals surface area contributed by atoms with Crippen LogP contribution in [0.15, 0.2) is 47.6 Å². The number of benzene rings is 2. The van der Waals surface area contributed by atoms with Crippen molar-refractivity contribution in [2.24, 2.45) is 11.0 Å². The molecule has 0 spiro atoms. The van der Waals surface area contributed by atoms with Gasteiger partial charge in [-0.25, -0.2) is 0 Å². The number of carbonyl (C=O) groups is 2. The molecule has 1 aliphatic carbocycles. The molecule has 1 unspecified atom stereocenters. The maximum absolute atomic E-state index is 13.1. The van der Waals surface area contributed by atoms with E-state index >= 15 is 0 Å². The summed E-state index contributed by atoms with van der Waals surface area (Å²) in [6.45, 7) is 2.13. The molecule has 2 aliphatic heterocycles. The number of anilines is 2. The predicted molar refractivity (Wildman–Crippen MR) is 156 cm³/mol. The van der Waals surface area contributed by atoms with E-state index in [9.17, 15) is 18.4 Å². The summed E-state index contributed by atoms with van der Waals surface area (Å²) in [4.78, 5) is 29.9. The van der Waals surface area contributed by atoms with Crippen molar-refractivity contribution in [1.82, 2.24) is 14.8 Å². The highest BCUT2D eigenvalue weighted by Crippen LogP contribution is 2.34. The number of amides is 2. The first-order valence-electron chi connectivity index (χ1n) is 14.5. The Labute approximate surface area is 244 Å². The number of nitrogens with one attached hydrogen (secondary N) is 2. The number of hydrogen-bond donors (Lipinski definition) is 2. The highest BCUT2D eigenvalue weighted by atomic mass is 19.3. The molecular formula is C30H38F2N6O4. The van der Waals surface area contributed by atoms with Crippen LogP contribution in [0, 0.1) is 5.92 Å². The molecule has 10 nitrogen and oxygen atoms in total. The number of piperazine rings is 1. The van der Waals surface area contributed by atoms with Crippen molar-refractivity contribution in [3.05, 3.63) is 48.0 Å². The number of halogens is 2. The van der Waals surface area contributed by atoms with Gasteiger partial charge in [-0.15, -0.1) is 0 Å². The van der Waals surface area contributed by atoms with Crippen LogP contribution < -0.4 is 20.1 Å². The number of ether oxygens (including phenoxy) is 2. The summed E-state index contributed by atoms with van der Waals surface area (Å²) in [6.07, 6.45) is 5.21. The molecule has 1 atom stereocenters. The molecule has 2 saturated heterocycles. The molecule has 2 N–H and O–H groups in total. The zero-order valence-corrected chi connectivity index (χ0v) is 23.8. The highest BCUT2D eigenvalue weighted by Gasteiger charge is 2.30. The minimum absolute atomic E-state index is 0.0122. The average molecular weight is 585 g/mol. The second kappa shape index (κ2) is 13.9. The smallest absolute Gasteiger partial charge is 0.387 e. The van der Waals surface area contributed by atoms with Crippen LogP contribution in [0.2, 0.25) is 0 Å². The van der Waals surface area contributed by atoms with Crippen LogP contribution in [-0.2, 0) is 9.59 Å². The number of likely N-dealkylation sites (N-methyl/N-ethyl adjacent to an activating group) is 1. The molecule has 0 aromatic heterocycles. The maximum Gasteiger partial charge on any atom is 0.387 e. The Hall–Kier alpha value is -3.77. The van der Waals surface area contributed by atoms with E-state index in [0.717, 1.165) is 45.4 Å². The Morgan fingerprint density at radius 3 is 2.38 bits per heavy atom. The molecule has 12 heteroatoms. The Bertz CT molecular complexity index is 1250. The van der Waals surface area contributed by atoms with E-state index in [-0.39, 0.29) is 23.3 Å². The van der Waals surface area contributed by atoms with Gasteiger partial charge in [0.1, 0.15) is 6.04 Å². The average Bonchev–Trinajstić information content (AvgIpc) is 3.68. The van der Waals surface area contributed by atoms with Gasteiger partial charge in [0.25, 0.3) is 0 Å². The van der Waals surface area contributed by atoms with Gasteiger partial charge in [0.15, 0.2) is 11.5 Å². The lowest BCUT2D eigenvalue weighted by atomic mass is 10.2. The molecule has 5 rings (SSSR count). The monoisotopic (exact) mass is 584 g/mol. The Balaban J connectivity index is 1.13. The largest absolute Gasteiger partial charge is 0.489 e. The molecule has 0 radical (unpaired) electrons. The molecule has 1 saturated carbocycles. The van der Waals surface area contributed by atoms with Gasteiger partial charge >= 0.3 is 6.61 Å². The lowest BCUT2D eigenvalue weighted by Crippen LogP contribution is -2.47. The van der Waals surface area contributed by atoms with Crippen LogP contribution in [0.25, 0.3) is 0 Å². The normalized spacial score (nSPS) is 19.8. The Morgan fingerprint density at radius 2 is 1.69 bits per heavy atom. The second-order valence-electron chi connectivity index (χ2n) is 11.1. The lowest BCUT2D eigenvalue weighted by molar-refractivity contribution is -0.120. The number of hydrazone groups is 1. The number of hydrogen-bond acceptors (Lipinski definition) is 8. The fourth-order valence-corrected chi connectivity index (χ4v) is 4.97. The Kier molecular flexibility index (Phi) is 9.85. The second-order valence-corrected chi connectivity index (χ2v) is 11.1. The molecule has 2 aromatic carbocycles. The van der Waals surface area contributed by atoms with Gasteiger partial charge in [0, 0.05) is 44.1 Å². The molecule has 3 aliphatic rings. The lowest BCUT2D eigenvalue weighted by Gasteiger charge is -2.31. The molecule has 226 valence electrons. The third-order valence-electron chi connectivity index (χ3n) is 7.64. The third-order valence-corrected chi connectivity index (χ3v) is 7.64. The Morgan fingerprint density at radius 1 is 0.976 bits per heavy atom. The van der Waals surface area contributed by atoms with Crippen molar-refractivity contribution in [3.63, 3.8) is 0 Å². The SMILES string of the molecule is CN1CCN(CC(=O)Nc2ccc(NC(=O)C3CCCN3/N=C/c3ccc(OC(F)F)c(OCC4CC4)c3)cc2)CC1. The van der Waals surface area contributed by atoms with E-state index in [1.807, 2.05) is 0 Å². The van der Waals surface area contributed by atoms with E-state index < -0.39 is 12.7 Å². The van der Waals surface area contributed by atoms with Gasteiger partial charge in [-0.2, -0.15) is 13.9 Å². The van der Waals surface area contributed by atoms with Crippen molar-refractivity contribution >= 4 is 29.4 Å². The molecule has 2 heterocycles. The van der Waals surface area contributed by atoms with E-state index in [4.69, 9.17) is 4.74 Å². The third kappa shape index (κ3) is 8.62. The summed E-state index contributed by atoms with van der Waals surface area (Å²) in [5.74, 6) is 0.453. The van der Waals surface area contributed by atoms with Gasteiger partial charge in [0.05, 0.1) is 19.4 Å². The first-order valence-corrected chi connectivity index (χ1v) is 14.5. The van der Waals surface area contributed by atoms with Crippen LogP contribution in [0.5, 0.6) is 11.5 Å². The van der Waals surface area contributed by atoms with Crippen molar-refractivity contribution in [2.45, 2.75) is 38.3 Å². The minimum atomic E-state index is -2.95. The first-order chi connectivity index (χ1) is 20.3. The standard InChI is InChI=1S/C30H38F2N6O4/c1-36-13-15-37(16-14-36)19-28(39)34-23-7-9-24(10-8-23)35-29(40)25-3-2-12-38(25)33-18-22-6-11-26(42-30(31)32)27(17-22)41-20-21-4-5-21/h6-11,17-18,21,25,30H,2-5,12-16,19-20H2,1H3,(H,34,39)(H,35,40)/b33-18+. The topological polar surface area (TPSA) is 98.7 Å². The van der Waals surface area contributed by atoms with Crippen molar-refractivity contribution in [1.29, 1.82) is 0 Å².